The zero-order valence-corrected chi connectivity index (χ0v) is 13.9. The first-order valence-corrected chi connectivity index (χ1v) is 8.52. The van der Waals surface area contributed by atoms with Gasteiger partial charge in [0.15, 0.2) is 0 Å². The van der Waals surface area contributed by atoms with E-state index in [1.807, 2.05) is 23.3 Å². The second-order valence-corrected chi connectivity index (χ2v) is 6.67. The standard InChI is InChI=1S/C19H27N3/c1-4-15(2)16(3)22(19-9-10-19)13-17-5-7-18(8-6-17)21-12-11-20-14-21/h5-8,11-12,14-16,19H,4,9-10,13H2,1-3H3. The zero-order chi connectivity index (χ0) is 15.5. The van der Waals surface area contributed by atoms with E-state index in [4.69, 9.17) is 0 Å². The first-order valence-electron chi connectivity index (χ1n) is 8.52. The van der Waals surface area contributed by atoms with Crippen LogP contribution >= 0.6 is 0 Å². The van der Waals surface area contributed by atoms with E-state index < -0.39 is 0 Å². The number of nitrogens with zero attached hydrogens (tertiary/aromatic N) is 3. The number of hydrogen-bond donors (Lipinski definition) is 0. The molecule has 2 unspecified atom stereocenters. The fourth-order valence-electron chi connectivity index (χ4n) is 3.08. The molecule has 0 aliphatic heterocycles. The maximum Gasteiger partial charge on any atom is 0.0991 e. The number of benzene rings is 1. The Morgan fingerprint density at radius 3 is 2.50 bits per heavy atom. The lowest BCUT2D eigenvalue weighted by Gasteiger charge is -2.33. The van der Waals surface area contributed by atoms with Gasteiger partial charge in [0, 0.05) is 36.7 Å². The summed E-state index contributed by atoms with van der Waals surface area (Å²) in [5.41, 5.74) is 2.58. The fraction of sp³-hybridized carbons (Fsp3) is 0.526. The molecule has 1 saturated carbocycles. The molecule has 0 saturated heterocycles. The maximum atomic E-state index is 4.11. The van der Waals surface area contributed by atoms with Crippen molar-refractivity contribution in [2.75, 3.05) is 0 Å². The minimum atomic E-state index is 0.658. The summed E-state index contributed by atoms with van der Waals surface area (Å²) in [6.45, 7) is 8.14. The predicted octanol–water partition coefficient (Wildman–Crippen LogP) is 4.27. The van der Waals surface area contributed by atoms with Gasteiger partial charge in [-0.1, -0.05) is 32.4 Å². The molecule has 1 aliphatic rings. The summed E-state index contributed by atoms with van der Waals surface area (Å²) < 4.78 is 2.05. The molecule has 1 aromatic heterocycles. The summed E-state index contributed by atoms with van der Waals surface area (Å²) in [6.07, 6.45) is 9.63. The second kappa shape index (κ2) is 6.66. The number of imidazole rings is 1. The van der Waals surface area contributed by atoms with Gasteiger partial charge >= 0.3 is 0 Å². The van der Waals surface area contributed by atoms with Crippen molar-refractivity contribution in [3.05, 3.63) is 48.5 Å². The summed E-state index contributed by atoms with van der Waals surface area (Å²) in [7, 11) is 0. The highest BCUT2D eigenvalue weighted by Crippen LogP contribution is 2.32. The average molecular weight is 297 g/mol. The number of aromatic nitrogens is 2. The van der Waals surface area contributed by atoms with Crippen molar-refractivity contribution in [2.45, 2.75) is 58.7 Å². The van der Waals surface area contributed by atoms with Crippen LogP contribution in [0.5, 0.6) is 0 Å². The van der Waals surface area contributed by atoms with Gasteiger partial charge in [0.1, 0.15) is 0 Å². The van der Waals surface area contributed by atoms with Crippen LogP contribution in [0.2, 0.25) is 0 Å². The summed E-state index contributed by atoms with van der Waals surface area (Å²) in [5.74, 6) is 0.755. The molecule has 2 aromatic rings. The van der Waals surface area contributed by atoms with E-state index in [-0.39, 0.29) is 0 Å². The van der Waals surface area contributed by atoms with E-state index in [1.54, 1.807) is 0 Å². The Morgan fingerprint density at radius 2 is 1.95 bits per heavy atom. The van der Waals surface area contributed by atoms with E-state index in [9.17, 15) is 0 Å². The second-order valence-electron chi connectivity index (χ2n) is 6.67. The van der Waals surface area contributed by atoms with E-state index in [0.717, 1.165) is 18.5 Å². The Morgan fingerprint density at radius 1 is 1.23 bits per heavy atom. The lowest BCUT2D eigenvalue weighted by Crippen LogP contribution is -2.38. The zero-order valence-electron chi connectivity index (χ0n) is 13.9. The van der Waals surface area contributed by atoms with E-state index in [0.29, 0.717) is 6.04 Å². The third-order valence-corrected chi connectivity index (χ3v) is 5.11. The molecule has 118 valence electrons. The van der Waals surface area contributed by atoms with Gasteiger partial charge in [-0.25, -0.2) is 4.98 Å². The molecule has 3 heteroatoms. The Labute approximate surface area is 134 Å². The van der Waals surface area contributed by atoms with Crippen LogP contribution in [-0.2, 0) is 6.54 Å². The highest BCUT2D eigenvalue weighted by molar-refractivity contribution is 5.34. The molecule has 1 fully saturated rings. The molecule has 0 radical (unpaired) electrons. The Hall–Kier alpha value is -1.61. The molecule has 0 N–H and O–H groups in total. The lowest BCUT2D eigenvalue weighted by molar-refractivity contribution is 0.141. The van der Waals surface area contributed by atoms with Crippen LogP contribution in [0.4, 0.5) is 0 Å². The molecular formula is C19H27N3. The summed E-state index contributed by atoms with van der Waals surface area (Å²) in [5, 5.41) is 0. The monoisotopic (exact) mass is 297 g/mol. The van der Waals surface area contributed by atoms with Gasteiger partial charge < -0.3 is 4.57 Å². The molecule has 3 rings (SSSR count). The third-order valence-electron chi connectivity index (χ3n) is 5.11. The summed E-state index contributed by atoms with van der Waals surface area (Å²) in [4.78, 5) is 6.82. The molecule has 1 aliphatic carbocycles. The Bertz CT molecular complexity index is 569. The van der Waals surface area contributed by atoms with Crippen LogP contribution in [-0.4, -0.2) is 26.5 Å². The van der Waals surface area contributed by atoms with E-state index in [1.165, 1.54) is 30.5 Å². The van der Waals surface area contributed by atoms with Crippen molar-refractivity contribution >= 4 is 0 Å². The van der Waals surface area contributed by atoms with Crippen molar-refractivity contribution < 1.29 is 0 Å². The first-order chi connectivity index (χ1) is 10.7. The average Bonchev–Trinajstić information content (AvgIpc) is 3.25. The molecule has 22 heavy (non-hydrogen) atoms. The van der Waals surface area contributed by atoms with E-state index >= 15 is 0 Å². The Balaban J connectivity index is 1.70. The normalized spacial score (nSPS) is 17.6. The molecule has 2 atom stereocenters. The van der Waals surface area contributed by atoms with Crippen LogP contribution in [0, 0.1) is 5.92 Å². The minimum absolute atomic E-state index is 0.658. The van der Waals surface area contributed by atoms with Gasteiger partial charge in [0.25, 0.3) is 0 Å². The van der Waals surface area contributed by atoms with Crippen molar-refractivity contribution in [1.82, 2.24) is 14.5 Å². The summed E-state index contributed by atoms with van der Waals surface area (Å²) in [6, 6.07) is 10.4. The maximum absolute atomic E-state index is 4.11. The first kappa shape index (κ1) is 15.3. The van der Waals surface area contributed by atoms with Gasteiger partial charge in [0.2, 0.25) is 0 Å². The fourth-order valence-corrected chi connectivity index (χ4v) is 3.08. The van der Waals surface area contributed by atoms with E-state index in [2.05, 4.69) is 54.9 Å². The van der Waals surface area contributed by atoms with Crippen LogP contribution in [0.15, 0.2) is 43.0 Å². The quantitative estimate of drug-likeness (QED) is 0.761. The van der Waals surface area contributed by atoms with Crippen molar-refractivity contribution in [3.63, 3.8) is 0 Å². The number of hydrogen-bond acceptors (Lipinski definition) is 2. The molecule has 1 aromatic carbocycles. The summed E-state index contributed by atoms with van der Waals surface area (Å²) >= 11 is 0. The largest absolute Gasteiger partial charge is 0.306 e. The molecular weight excluding hydrogens is 270 g/mol. The molecule has 0 amide bonds. The minimum Gasteiger partial charge on any atom is -0.306 e. The molecule has 1 heterocycles. The van der Waals surface area contributed by atoms with Crippen LogP contribution in [0.1, 0.15) is 45.6 Å². The number of rotatable bonds is 7. The van der Waals surface area contributed by atoms with Crippen molar-refractivity contribution in [1.29, 1.82) is 0 Å². The predicted molar refractivity (Wildman–Crippen MR) is 91.0 cm³/mol. The molecule has 3 nitrogen and oxygen atoms in total. The van der Waals surface area contributed by atoms with Gasteiger partial charge in [-0.15, -0.1) is 0 Å². The van der Waals surface area contributed by atoms with Crippen LogP contribution < -0.4 is 0 Å². The SMILES string of the molecule is CCC(C)C(C)N(Cc1ccc(-n2ccnc2)cc1)C1CC1. The molecule has 0 spiro atoms. The van der Waals surface area contributed by atoms with Gasteiger partial charge in [-0.2, -0.15) is 0 Å². The molecule has 0 bridgehead atoms. The highest BCUT2D eigenvalue weighted by Gasteiger charge is 2.33. The van der Waals surface area contributed by atoms with Crippen molar-refractivity contribution in [2.24, 2.45) is 5.92 Å². The van der Waals surface area contributed by atoms with Crippen molar-refractivity contribution in [3.8, 4) is 5.69 Å². The van der Waals surface area contributed by atoms with Gasteiger partial charge in [-0.3, -0.25) is 4.90 Å². The lowest BCUT2D eigenvalue weighted by atomic mass is 9.98. The van der Waals surface area contributed by atoms with Crippen LogP contribution in [0.3, 0.4) is 0 Å². The van der Waals surface area contributed by atoms with Crippen LogP contribution in [0.25, 0.3) is 5.69 Å². The third kappa shape index (κ3) is 3.41. The highest BCUT2D eigenvalue weighted by atomic mass is 15.2. The topological polar surface area (TPSA) is 21.1 Å². The Kier molecular flexibility index (Phi) is 4.63. The smallest absolute Gasteiger partial charge is 0.0991 e. The van der Waals surface area contributed by atoms with Gasteiger partial charge in [-0.05, 0) is 43.4 Å². The van der Waals surface area contributed by atoms with Gasteiger partial charge in [0.05, 0.1) is 6.33 Å².